The van der Waals surface area contributed by atoms with Gasteiger partial charge in [-0.1, -0.05) is 24.1 Å². The molecule has 0 unspecified atom stereocenters. The SMILES string of the molecule is C#CCOc1ccccc1CNCC1(CCO)CC1. The highest BCUT2D eigenvalue weighted by Crippen LogP contribution is 2.47. The number of para-hydroxylation sites is 1. The third-order valence-corrected chi connectivity index (χ3v) is 3.70. The fourth-order valence-electron chi connectivity index (χ4n) is 2.30. The molecular weight excluding hydrogens is 238 g/mol. The second-order valence-corrected chi connectivity index (χ2v) is 5.18. The third kappa shape index (κ3) is 3.99. The van der Waals surface area contributed by atoms with Crippen molar-refractivity contribution in [2.24, 2.45) is 5.41 Å². The van der Waals surface area contributed by atoms with Gasteiger partial charge in [0.25, 0.3) is 0 Å². The number of ether oxygens (including phenoxy) is 1. The van der Waals surface area contributed by atoms with E-state index in [4.69, 9.17) is 16.3 Å². The smallest absolute Gasteiger partial charge is 0.148 e. The van der Waals surface area contributed by atoms with Crippen LogP contribution in [0.1, 0.15) is 24.8 Å². The minimum Gasteiger partial charge on any atom is -0.481 e. The van der Waals surface area contributed by atoms with Crippen LogP contribution in [0.4, 0.5) is 0 Å². The monoisotopic (exact) mass is 259 g/mol. The van der Waals surface area contributed by atoms with Crippen molar-refractivity contribution < 1.29 is 9.84 Å². The van der Waals surface area contributed by atoms with Gasteiger partial charge < -0.3 is 15.2 Å². The van der Waals surface area contributed by atoms with E-state index >= 15 is 0 Å². The molecule has 0 heterocycles. The average Bonchev–Trinajstić information content (AvgIpc) is 3.18. The van der Waals surface area contributed by atoms with Gasteiger partial charge in [-0.3, -0.25) is 0 Å². The molecule has 1 aromatic rings. The molecule has 2 rings (SSSR count). The van der Waals surface area contributed by atoms with Gasteiger partial charge in [0.15, 0.2) is 0 Å². The van der Waals surface area contributed by atoms with Gasteiger partial charge >= 0.3 is 0 Å². The van der Waals surface area contributed by atoms with Crippen molar-refractivity contribution in [3.63, 3.8) is 0 Å². The van der Waals surface area contributed by atoms with Crippen molar-refractivity contribution in [2.75, 3.05) is 19.8 Å². The second kappa shape index (κ2) is 6.60. The average molecular weight is 259 g/mol. The minimum absolute atomic E-state index is 0.281. The summed E-state index contributed by atoms with van der Waals surface area (Å²) in [5, 5.41) is 12.5. The number of hydrogen-bond donors (Lipinski definition) is 2. The van der Waals surface area contributed by atoms with E-state index in [1.807, 2.05) is 24.3 Å². The first-order chi connectivity index (χ1) is 9.29. The molecule has 3 nitrogen and oxygen atoms in total. The van der Waals surface area contributed by atoms with Gasteiger partial charge in [-0.15, -0.1) is 6.42 Å². The number of terminal acetylenes is 1. The molecule has 0 spiro atoms. The predicted octanol–water partition coefficient (Wildman–Crippen LogP) is 1.95. The van der Waals surface area contributed by atoms with Crippen molar-refractivity contribution >= 4 is 0 Å². The van der Waals surface area contributed by atoms with Gasteiger partial charge in [0.2, 0.25) is 0 Å². The summed E-state index contributed by atoms with van der Waals surface area (Å²) < 4.78 is 5.52. The van der Waals surface area contributed by atoms with E-state index in [-0.39, 0.29) is 6.61 Å². The third-order valence-electron chi connectivity index (χ3n) is 3.70. The molecule has 102 valence electrons. The van der Waals surface area contributed by atoms with Crippen LogP contribution in [0.15, 0.2) is 24.3 Å². The summed E-state index contributed by atoms with van der Waals surface area (Å²) in [4.78, 5) is 0. The van der Waals surface area contributed by atoms with Gasteiger partial charge in [0.1, 0.15) is 12.4 Å². The first kappa shape index (κ1) is 13.9. The largest absolute Gasteiger partial charge is 0.481 e. The summed E-state index contributed by atoms with van der Waals surface area (Å²) in [6.07, 6.45) is 8.55. The van der Waals surface area contributed by atoms with Crippen LogP contribution in [0.2, 0.25) is 0 Å². The molecule has 0 atom stereocenters. The molecule has 1 saturated carbocycles. The number of nitrogens with one attached hydrogen (secondary N) is 1. The zero-order valence-electron chi connectivity index (χ0n) is 11.2. The van der Waals surface area contributed by atoms with Crippen molar-refractivity contribution in [2.45, 2.75) is 25.8 Å². The van der Waals surface area contributed by atoms with Crippen molar-refractivity contribution in [1.29, 1.82) is 0 Å². The Morgan fingerprint density at radius 3 is 2.84 bits per heavy atom. The van der Waals surface area contributed by atoms with E-state index in [9.17, 15) is 0 Å². The molecule has 0 radical (unpaired) electrons. The summed E-state index contributed by atoms with van der Waals surface area (Å²) in [6, 6.07) is 7.93. The summed E-state index contributed by atoms with van der Waals surface area (Å²) in [5.74, 6) is 3.33. The maximum Gasteiger partial charge on any atom is 0.148 e. The Morgan fingerprint density at radius 2 is 2.16 bits per heavy atom. The summed E-state index contributed by atoms with van der Waals surface area (Å²) in [7, 11) is 0. The van der Waals surface area contributed by atoms with Crippen LogP contribution in [0.5, 0.6) is 5.75 Å². The highest BCUT2D eigenvalue weighted by molar-refractivity contribution is 5.33. The fraction of sp³-hybridized carbons (Fsp3) is 0.500. The lowest BCUT2D eigenvalue weighted by Crippen LogP contribution is -2.24. The highest BCUT2D eigenvalue weighted by Gasteiger charge is 2.41. The number of hydrogen-bond acceptors (Lipinski definition) is 3. The second-order valence-electron chi connectivity index (χ2n) is 5.18. The van der Waals surface area contributed by atoms with Crippen molar-refractivity contribution in [3.05, 3.63) is 29.8 Å². The Hall–Kier alpha value is -1.50. The molecule has 2 N–H and O–H groups in total. The van der Waals surface area contributed by atoms with E-state index < -0.39 is 0 Å². The Bertz CT molecular complexity index is 446. The van der Waals surface area contributed by atoms with Gasteiger partial charge in [0.05, 0.1) is 0 Å². The number of benzene rings is 1. The van der Waals surface area contributed by atoms with Crippen LogP contribution in [0.3, 0.4) is 0 Å². The predicted molar refractivity (Wildman–Crippen MR) is 75.8 cm³/mol. The quantitative estimate of drug-likeness (QED) is 0.701. The Morgan fingerprint density at radius 1 is 1.37 bits per heavy atom. The Balaban J connectivity index is 1.84. The van der Waals surface area contributed by atoms with E-state index in [1.165, 1.54) is 12.8 Å². The van der Waals surface area contributed by atoms with E-state index in [1.54, 1.807) is 0 Å². The highest BCUT2D eigenvalue weighted by atomic mass is 16.5. The van der Waals surface area contributed by atoms with Gasteiger partial charge in [-0.05, 0) is 30.7 Å². The van der Waals surface area contributed by atoms with Crippen LogP contribution in [0, 0.1) is 17.8 Å². The molecule has 1 aromatic carbocycles. The van der Waals surface area contributed by atoms with E-state index in [2.05, 4.69) is 11.2 Å². The number of aliphatic hydroxyl groups excluding tert-OH is 1. The molecule has 1 aliphatic rings. The summed E-state index contributed by atoms with van der Waals surface area (Å²) >= 11 is 0. The molecule has 0 aliphatic heterocycles. The van der Waals surface area contributed by atoms with Gasteiger partial charge in [-0.2, -0.15) is 0 Å². The molecule has 0 aromatic heterocycles. The zero-order chi connectivity index (χ0) is 13.6. The molecule has 0 saturated heterocycles. The first-order valence-corrected chi connectivity index (χ1v) is 6.75. The molecule has 0 amide bonds. The standard InChI is InChI=1S/C16H21NO2/c1-2-11-19-15-6-4-3-5-14(15)12-17-13-16(7-8-16)9-10-18/h1,3-6,17-18H,7-13H2. The van der Waals surface area contributed by atoms with Crippen molar-refractivity contribution in [3.8, 4) is 18.1 Å². The van der Waals surface area contributed by atoms with Crippen LogP contribution < -0.4 is 10.1 Å². The normalized spacial score (nSPS) is 15.8. The lowest BCUT2D eigenvalue weighted by Gasteiger charge is -2.15. The Labute approximate surface area is 115 Å². The molecule has 3 heteroatoms. The number of aliphatic hydroxyl groups is 1. The Kier molecular flexibility index (Phi) is 4.84. The van der Waals surface area contributed by atoms with Crippen molar-refractivity contribution in [1.82, 2.24) is 5.32 Å². The van der Waals surface area contributed by atoms with Gasteiger partial charge in [0, 0.05) is 25.3 Å². The first-order valence-electron chi connectivity index (χ1n) is 6.75. The summed E-state index contributed by atoms with van der Waals surface area (Å²) in [6.45, 7) is 2.31. The van der Waals surface area contributed by atoms with Crippen LogP contribution >= 0.6 is 0 Å². The topological polar surface area (TPSA) is 41.5 Å². The molecule has 1 fully saturated rings. The molecule has 1 aliphatic carbocycles. The molecule has 0 bridgehead atoms. The van der Waals surface area contributed by atoms with Crippen LogP contribution in [-0.4, -0.2) is 24.9 Å². The lowest BCUT2D eigenvalue weighted by molar-refractivity contribution is 0.245. The lowest BCUT2D eigenvalue weighted by atomic mass is 10.0. The van der Waals surface area contributed by atoms with E-state index in [0.29, 0.717) is 12.0 Å². The number of rotatable bonds is 8. The summed E-state index contributed by atoms with van der Waals surface area (Å²) in [5.41, 5.74) is 1.46. The van der Waals surface area contributed by atoms with Gasteiger partial charge in [-0.25, -0.2) is 0 Å². The van der Waals surface area contributed by atoms with Crippen LogP contribution in [0.25, 0.3) is 0 Å². The maximum absolute atomic E-state index is 9.03. The molecule has 19 heavy (non-hydrogen) atoms. The van der Waals surface area contributed by atoms with E-state index in [0.717, 1.165) is 30.8 Å². The zero-order valence-corrected chi connectivity index (χ0v) is 11.2. The fourth-order valence-corrected chi connectivity index (χ4v) is 2.30. The molecular formula is C16H21NO2. The maximum atomic E-state index is 9.03. The van der Waals surface area contributed by atoms with Crippen LogP contribution in [-0.2, 0) is 6.54 Å². The minimum atomic E-state index is 0.281.